The van der Waals surface area contributed by atoms with Crippen LogP contribution in [0.15, 0.2) is 21.5 Å². The van der Waals surface area contributed by atoms with Gasteiger partial charge in [-0.3, -0.25) is 0 Å². The summed E-state index contributed by atoms with van der Waals surface area (Å²) >= 11 is -2.11. The van der Waals surface area contributed by atoms with Crippen LogP contribution in [0.25, 0.3) is 0 Å². The Hall–Kier alpha value is 0.800. The predicted octanol–water partition coefficient (Wildman–Crippen LogP) is 3.54. The fourth-order valence-corrected chi connectivity index (χ4v) is 6.44. The quantitative estimate of drug-likeness (QED) is 0.718. The SMILES string of the molecule is CCC1=[C]([Ta]([Cl])[Cl])CC=C1. The van der Waals surface area contributed by atoms with Gasteiger partial charge in [0.1, 0.15) is 0 Å². The summed E-state index contributed by atoms with van der Waals surface area (Å²) in [5.41, 5.74) is 1.39. The molecule has 0 aromatic heterocycles. The van der Waals surface area contributed by atoms with Crippen molar-refractivity contribution in [3.8, 4) is 0 Å². The maximum absolute atomic E-state index is 5.93. The third kappa shape index (κ3) is 1.90. The molecule has 0 unspecified atom stereocenters. The van der Waals surface area contributed by atoms with Gasteiger partial charge in [-0.15, -0.1) is 0 Å². The number of halogens is 2. The molecular weight excluding hydrogens is 336 g/mol. The Labute approximate surface area is 75.7 Å². The van der Waals surface area contributed by atoms with E-state index in [4.69, 9.17) is 18.4 Å². The first-order valence-electron chi connectivity index (χ1n) is 3.26. The van der Waals surface area contributed by atoms with E-state index in [2.05, 4.69) is 19.1 Å². The van der Waals surface area contributed by atoms with E-state index in [1.165, 1.54) is 9.36 Å². The summed E-state index contributed by atoms with van der Waals surface area (Å²) in [7, 11) is 11.9. The third-order valence-electron chi connectivity index (χ3n) is 1.59. The van der Waals surface area contributed by atoms with Crippen LogP contribution in [0.1, 0.15) is 19.8 Å². The van der Waals surface area contributed by atoms with Crippen LogP contribution in [-0.2, 0) is 16.3 Å². The molecule has 0 nitrogen and oxygen atoms in total. The van der Waals surface area contributed by atoms with Crippen LogP contribution in [0.4, 0.5) is 0 Å². The van der Waals surface area contributed by atoms with Crippen molar-refractivity contribution in [2.45, 2.75) is 19.8 Å². The fourth-order valence-electron chi connectivity index (χ4n) is 1.04. The third-order valence-corrected chi connectivity index (χ3v) is 8.08. The van der Waals surface area contributed by atoms with Gasteiger partial charge in [0.25, 0.3) is 0 Å². The second-order valence-electron chi connectivity index (χ2n) is 2.16. The van der Waals surface area contributed by atoms with E-state index in [-0.39, 0.29) is 0 Å². The molecule has 3 heteroatoms. The van der Waals surface area contributed by atoms with Crippen molar-refractivity contribution in [3.05, 3.63) is 21.5 Å². The van der Waals surface area contributed by atoms with Crippen molar-refractivity contribution in [2.75, 3.05) is 0 Å². The second kappa shape index (κ2) is 3.99. The average molecular weight is 345 g/mol. The number of allylic oxidation sites excluding steroid dienone is 4. The monoisotopic (exact) mass is 344 g/mol. The van der Waals surface area contributed by atoms with E-state index in [1.807, 2.05) is 0 Å². The van der Waals surface area contributed by atoms with Gasteiger partial charge in [-0.05, 0) is 0 Å². The molecule has 0 saturated heterocycles. The zero-order chi connectivity index (χ0) is 7.56. The first kappa shape index (κ1) is 8.89. The van der Waals surface area contributed by atoms with Crippen LogP contribution < -0.4 is 0 Å². The normalized spacial score (nSPS) is 17.6. The van der Waals surface area contributed by atoms with Crippen LogP contribution in [0, 0.1) is 0 Å². The van der Waals surface area contributed by atoms with Crippen molar-refractivity contribution in [1.82, 2.24) is 0 Å². The fraction of sp³-hybridized carbons (Fsp3) is 0.429. The molecule has 0 aliphatic heterocycles. The van der Waals surface area contributed by atoms with Crippen LogP contribution >= 0.6 is 18.4 Å². The van der Waals surface area contributed by atoms with Crippen LogP contribution in [0.5, 0.6) is 0 Å². The van der Waals surface area contributed by atoms with E-state index >= 15 is 0 Å². The van der Waals surface area contributed by atoms with Crippen LogP contribution in [0.2, 0.25) is 0 Å². The summed E-state index contributed by atoms with van der Waals surface area (Å²) in [6, 6.07) is 0. The van der Waals surface area contributed by atoms with E-state index in [0.29, 0.717) is 0 Å². The molecule has 1 aliphatic rings. The van der Waals surface area contributed by atoms with Crippen LogP contribution in [-0.4, -0.2) is 0 Å². The van der Waals surface area contributed by atoms with Gasteiger partial charge in [0.15, 0.2) is 0 Å². The van der Waals surface area contributed by atoms with E-state index < -0.39 is 16.3 Å². The van der Waals surface area contributed by atoms with Gasteiger partial charge in [-0.1, -0.05) is 0 Å². The molecule has 0 N–H and O–H groups in total. The van der Waals surface area contributed by atoms with Gasteiger partial charge >= 0.3 is 75.9 Å². The maximum atomic E-state index is 5.93. The molecule has 0 saturated carbocycles. The molecular formula is C7H9Cl2Ta. The molecule has 0 fully saturated rings. The Morgan fingerprint density at radius 2 is 2.30 bits per heavy atom. The summed E-state index contributed by atoms with van der Waals surface area (Å²) in [5, 5.41) is 0. The Morgan fingerprint density at radius 1 is 1.60 bits per heavy atom. The standard InChI is InChI=1S/C7H9.2ClH.Ta/c1-2-7-5-3-4-6-7;;;/h3,5H,2,4H2,1H3;2*1H;/q;;;+2/p-2. The van der Waals surface area contributed by atoms with Gasteiger partial charge in [-0.25, -0.2) is 0 Å². The molecule has 10 heavy (non-hydrogen) atoms. The van der Waals surface area contributed by atoms with Crippen molar-refractivity contribution >= 4 is 18.4 Å². The van der Waals surface area contributed by atoms with Gasteiger partial charge < -0.3 is 0 Å². The molecule has 0 spiro atoms. The second-order valence-corrected chi connectivity index (χ2v) is 12.7. The zero-order valence-corrected chi connectivity index (χ0v) is 10.5. The summed E-state index contributed by atoms with van der Waals surface area (Å²) in [6.07, 6.45) is 6.41. The van der Waals surface area contributed by atoms with Gasteiger partial charge in [-0.2, -0.15) is 0 Å². The molecule has 0 aromatic carbocycles. The van der Waals surface area contributed by atoms with Crippen LogP contribution in [0.3, 0.4) is 0 Å². The van der Waals surface area contributed by atoms with Crippen molar-refractivity contribution < 1.29 is 16.3 Å². The Morgan fingerprint density at radius 3 is 2.70 bits per heavy atom. The molecule has 1 rings (SSSR count). The first-order valence-corrected chi connectivity index (χ1v) is 12.8. The van der Waals surface area contributed by atoms with Gasteiger partial charge in [0.2, 0.25) is 0 Å². The van der Waals surface area contributed by atoms with Crippen molar-refractivity contribution in [1.29, 1.82) is 0 Å². The summed E-state index contributed by atoms with van der Waals surface area (Å²) in [4.78, 5) is 0. The first-order chi connectivity index (χ1) is 4.75. The molecule has 0 heterocycles. The average Bonchev–Trinajstić information content (AvgIpc) is 2.33. The molecule has 56 valence electrons. The predicted molar refractivity (Wildman–Crippen MR) is 42.8 cm³/mol. The van der Waals surface area contributed by atoms with E-state index in [9.17, 15) is 0 Å². The van der Waals surface area contributed by atoms with Crippen molar-refractivity contribution in [3.63, 3.8) is 0 Å². The molecule has 0 aromatic rings. The summed E-state index contributed by atoms with van der Waals surface area (Å²) in [5.74, 6) is 0. The number of hydrogen-bond acceptors (Lipinski definition) is 0. The van der Waals surface area contributed by atoms with Crippen molar-refractivity contribution in [2.24, 2.45) is 0 Å². The molecule has 0 amide bonds. The summed E-state index contributed by atoms with van der Waals surface area (Å²) < 4.78 is 1.38. The Kier molecular flexibility index (Phi) is 3.54. The van der Waals surface area contributed by atoms with Gasteiger partial charge in [0.05, 0.1) is 0 Å². The zero-order valence-electron chi connectivity index (χ0n) is 5.77. The summed E-state index contributed by atoms with van der Waals surface area (Å²) in [6.45, 7) is 2.14. The number of rotatable bonds is 2. The Bertz CT molecular complexity index is 182. The minimum atomic E-state index is -2.11. The molecule has 0 radical (unpaired) electrons. The van der Waals surface area contributed by atoms with E-state index in [0.717, 1.165) is 12.8 Å². The Balaban J connectivity index is 2.75. The number of hydrogen-bond donors (Lipinski definition) is 0. The van der Waals surface area contributed by atoms with E-state index in [1.54, 1.807) is 0 Å². The topological polar surface area (TPSA) is 0 Å². The molecule has 1 aliphatic carbocycles. The minimum absolute atomic E-state index is 1.02. The molecule has 0 bridgehead atoms. The van der Waals surface area contributed by atoms with Gasteiger partial charge in [0, 0.05) is 0 Å². The molecule has 0 atom stereocenters.